The van der Waals surface area contributed by atoms with Gasteiger partial charge < -0.3 is 14.8 Å². The number of nitrogens with one attached hydrogen (secondary N) is 1. The van der Waals surface area contributed by atoms with Crippen LogP contribution in [-0.4, -0.2) is 41.4 Å². The number of aliphatic imine (C=N–C) groups is 1. The molecule has 0 saturated heterocycles. The molecule has 1 N–H and O–H groups in total. The maximum atomic E-state index is 13.8. The fraction of sp³-hybridized carbons (Fsp3) is 0.348. The van der Waals surface area contributed by atoms with Crippen molar-refractivity contribution in [2.24, 2.45) is 10.9 Å². The van der Waals surface area contributed by atoms with Crippen LogP contribution in [0.15, 0.2) is 71.3 Å². The van der Waals surface area contributed by atoms with Gasteiger partial charge in [-0.25, -0.2) is 0 Å². The molecule has 0 unspecified atom stereocenters. The number of ether oxygens (including phenoxy) is 2. The van der Waals surface area contributed by atoms with Gasteiger partial charge in [-0.15, -0.1) is 0 Å². The molecule has 3 atom stereocenters. The maximum Gasteiger partial charge on any atom is 0.275 e. The topological polar surface area (TPSA) is 80.2 Å². The van der Waals surface area contributed by atoms with Crippen molar-refractivity contribution in [3.05, 3.63) is 71.9 Å². The first kappa shape index (κ1) is 20.1. The summed E-state index contributed by atoms with van der Waals surface area (Å²) in [6.07, 6.45) is 7.58. The van der Waals surface area contributed by atoms with Gasteiger partial charge in [0, 0.05) is 13.5 Å². The lowest BCUT2D eigenvalue weighted by Crippen LogP contribution is -2.65. The van der Waals surface area contributed by atoms with Gasteiger partial charge in [-0.05, 0) is 30.1 Å². The number of fused-ring (bicyclic) bond motifs is 2. The van der Waals surface area contributed by atoms with Crippen LogP contribution in [0.2, 0.25) is 0 Å². The monoisotopic (exact) mass is 407 g/mol. The van der Waals surface area contributed by atoms with E-state index in [4.69, 9.17) is 14.5 Å². The average molecular weight is 407 g/mol. The van der Waals surface area contributed by atoms with E-state index >= 15 is 0 Å². The first-order valence-corrected chi connectivity index (χ1v) is 10.1. The second-order valence-electron chi connectivity index (χ2n) is 7.58. The summed E-state index contributed by atoms with van der Waals surface area (Å²) in [6, 6.07) is 8.87. The van der Waals surface area contributed by atoms with Gasteiger partial charge >= 0.3 is 0 Å². The van der Waals surface area contributed by atoms with Crippen molar-refractivity contribution in [1.82, 2.24) is 10.2 Å². The van der Waals surface area contributed by atoms with Crippen LogP contribution in [0.25, 0.3) is 0 Å². The Labute approximate surface area is 175 Å². The first-order valence-electron chi connectivity index (χ1n) is 10.1. The Kier molecular flexibility index (Phi) is 5.30. The molecule has 2 amide bonds. The molecule has 1 aromatic carbocycles. The average Bonchev–Trinajstić information content (AvgIpc) is 2.99. The van der Waals surface area contributed by atoms with Crippen LogP contribution in [0.3, 0.4) is 0 Å². The number of carbonyl (C=O) groups is 2. The Morgan fingerprint density at radius 3 is 2.73 bits per heavy atom. The van der Waals surface area contributed by atoms with Gasteiger partial charge in [-0.3, -0.25) is 14.5 Å². The van der Waals surface area contributed by atoms with Gasteiger partial charge in [0.2, 0.25) is 17.4 Å². The molecule has 7 heteroatoms. The molecule has 3 heterocycles. The number of amides is 2. The van der Waals surface area contributed by atoms with Crippen molar-refractivity contribution in [2.45, 2.75) is 38.3 Å². The van der Waals surface area contributed by atoms with Crippen molar-refractivity contribution < 1.29 is 19.1 Å². The number of rotatable bonds is 5. The van der Waals surface area contributed by atoms with Crippen LogP contribution in [0.4, 0.5) is 0 Å². The van der Waals surface area contributed by atoms with Crippen LogP contribution < -0.4 is 5.32 Å². The molecule has 3 aliphatic heterocycles. The molecule has 4 rings (SSSR count). The van der Waals surface area contributed by atoms with Gasteiger partial charge in [0.15, 0.2) is 5.82 Å². The van der Waals surface area contributed by atoms with Crippen molar-refractivity contribution in [3.8, 4) is 0 Å². The van der Waals surface area contributed by atoms with Crippen molar-refractivity contribution in [2.75, 3.05) is 7.11 Å². The van der Waals surface area contributed by atoms with Crippen molar-refractivity contribution in [3.63, 3.8) is 0 Å². The number of benzene rings is 1. The molecular formula is C23H25N3O4. The van der Waals surface area contributed by atoms with E-state index in [1.165, 1.54) is 18.3 Å². The van der Waals surface area contributed by atoms with Crippen LogP contribution in [0, 0.1) is 5.92 Å². The highest BCUT2D eigenvalue weighted by molar-refractivity contribution is 6.15. The summed E-state index contributed by atoms with van der Waals surface area (Å²) in [5, 5.41) is 3.01. The van der Waals surface area contributed by atoms with Crippen molar-refractivity contribution >= 4 is 17.7 Å². The Balaban J connectivity index is 1.88. The van der Waals surface area contributed by atoms with E-state index in [1.54, 1.807) is 18.2 Å². The van der Waals surface area contributed by atoms with Gasteiger partial charge in [0.1, 0.15) is 6.04 Å². The second kappa shape index (κ2) is 7.91. The SMILES string of the molecule is CC[C@@H](C)C1=C2N=C3OC=CC=C[C@]3(OC)C(=O)N2[C@@H](Cc2ccccc2)C(=O)N1. The number of hydrogen-bond acceptors (Lipinski definition) is 5. The largest absolute Gasteiger partial charge is 0.447 e. The molecule has 0 saturated carbocycles. The maximum absolute atomic E-state index is 13.8. The van der Waals surface area contributed by atoms with E-state index < -0.39 is 11.6 Å². The normalized spacial score (nSPS) is 26.3. The zero-order valence-electron chi connectivity index (χ0n) is 17.3. The molecule has 7 nitrogen and oxygen atoms in total. The number of hydrogen-bond donors (Lipinski definition) is 1. The number of allylic oxidation sites excluding steroid dienone is 3. The van der Waals surface area contributed by atoms with E-state index in [1.807, 2.05) is 44.2 Å². The minimum Gasteiger partial charge on any atom is -0.447 e. The van der Waals surface area contributed by atoms with Gasteiger partial charge in [0.25, 0.3) is 5.91 Å². The lowest BCUT2D eigenvalue weighted by molar-refractivity contribution is -0.150. The van der Waals surface area contributed by atoms with E-state index in [0.717, 1.165) is 12.0 Å². The van der Waals surface area contributed by atoms with Crippen LogP contribution in [0.5, 0.6) is 0 Å². The molecule has 0 aliphatic carbocycles. The van der Waals surface area contributed by atoms with E-state index in [-0.39, 0.29) is 23.6 Å². The predicted octanol–water partition coefficient (Wildman–Crippen LogP) is 2.67. The number of methoxy groups -OCH3 is 1. The number of carbonyl (C=O) groups excluding carboxylic acids is 2. The molecule has 156 valence electrons. The highest BCUT2D eigenvalue weighted by Crippen LogP contribution is 2.36. The minimum absolute atomic E-state index is 0.00758. The summed E-state index contributed by atoms with van der Waals surface area (Å²) in [5.74, 6) is -0.0505. The zero-order valence-corrected chi connectivity index (χ0v) is 17.3. The van der Waals surface area contributed by atoms with E-state index in [2.05, 4.69) is 5.32 Å². The third-order valence-corrected chi connectivity index (χ3v) is 5.80. The standard InChI is InChI=1S/C23H25N3O4/c1-4-15(2)18-19-25-21-23(29-3,12-8-9-13-30-21)22(28)26(19)17(20(27)24-18)14-16-10-6-5-7-11-16/h5-13,15,17H,4,14H2,1-3H3,(H,24,27)/t15-,17+,23-/m1/s1. The molecule has 0 fully saturated rings. The smallest absolute Gasteiger partial charge is 0.275 e. The zero-order chi connectivity index (χ0) is 21.3. The molecule has 0 aromatic heterocycles. The third-order valence-electron chi connectivity index (χ3n) is 5.80. The Bertz CT molecular complexity index is 979. The van der Waals surface area contributed by atoms with Gasteiger partial charge in [-0.2, -0.15) is 4.99 Å². The highest BCUT2D eigenvalue weighted by atomic mass is 16.5. The third kappa shape index (κ3) is 3.15. The summed E-state index contributed by atoms with van der Waals surface area (Å²) in [4.78, 5) is 33.2. The fourth-order valence-electron chi connectivity index (χ4n) is 3.88. The molecule has 3 aliphatic rings. The van der Waals surface area contributed by atoms with Crippen LogP contribution >= 0.6 is 0 Å². The predicted molar refractivity (Wildman–Crippen MR) is 112 cm³/mol. The van der Waals surface area contributed by atoms with E-state index in [9.17, 15) is 9.59 Å². The quantitative estimate of drug-likeness (QED) is 0.814. The lowest BCUT2D eigenvalue weighted by Gasteiger charge is -2.44. The summed E-state index contributed by atoms with van der Waals surface area (Å²) < 4.78 is 11.3. The Hall–Kier alpha value is -3.19. The molecular weight excluding hydrogens is 382 g/mol. The molecule has 0 radical (unpaired) electrons. The molecule has 30 heavy (non-hydrogen) atoms. The summed E-state index contributed by atoms with van der Waals surface area (Å²) in [5.41, 5.74) is 0.0608. The summed E-state index contributed by atoms with van der Waals surface area (Å²) in [6.45, 7) is 4.02. The van der Waals surface area contributed by atoms with Crippen LogP contribution in [0.1, 0.15) is 25.8 Å². The van der Waals surface area contributed by atoms with Crippen molar-refractivity contribution in [1.29, 1.82) is 0 Å². The van der Waals surface area contributed by atoms with E-state index in [0.29, 0.717) is 17.9 Å². The minimum atomic E-state index is -1.51. The summed E-state index contributed by atoms with van der Waals surface area (Å²) >= 11 is 0. The Morgan fingerprint density at radius 2 is 2.03 bits per heavy atom. The van der Waals surface area contributed by atoms with Gasteiger partial charge in [-0.1, -0.05) is 50.3 Å². The Morgan fingerprint density at radius 1 is 1.27 bits per heavy atom. The first-order chi connectivity index (χ1) is 14.5. The second-order valence-corrected chi connectivity index (χ2v) is 7.58. The summed E-state index contributed by atoms with van der Waals surface area (Å²) in [7, 11) is 1.44. The highest BCUT2D eigenvalue weighted by Gasteiger charge is 2.55. The number of nitrogens with zero attached hydrogens (tertiary/aromatic N) is 2. The molecule has 0 spiro atoms. The molecule has 0 bridgehead atoms. The lowest BCUT2D eigenvalue weighted by atomic mass is 9.92. The molecule has 1 aromatic rings. The van der Waals surface area contributed by atoms with Crippen LogP contribution in [-0.2, 0) is 25.5 Å². The fourth-order valence-corrected chi connectivity index (χ4v) is 3.88. The van der Waals surface area contributed by atoms with Gasteiger partial charge in [0.05, 0.1) is 12.0 Å².